The number of imidazole rings is 2. The quantitative estimate of drug-likeness (QED) is 0.796. The smallest absolute Gasteiger partial charge is 0.328 e. The molecule has 0 aliphatic heterocycles. The number of hydrogen-bond donors (Lipinski definition) is 0. The number of aromatic nitrogens is 4. The molecule has 2 aromatic heterocycles. The summed E-state index contributed by atoms with van der Waals surface area (Å²) in [4.78, 5) is 16.4. The van der Waals surface area contributed by atoms with Crippen LogP contribution in [-0.4, -0.2) is 18.7 Å². The van der Waals surface area contributed by atoms with E-state index in [4.69, 9.17) is 0 Å². The lowest BCUT2D eigenvalue weighted by Gasteiger charge is -2.04. The highest BCUT2D eigenvalue weighted by atomic mass is 16.1. The summed E-state index contributed by atoms with van der Waals surface area (Å²) in [6, 6.07) is 0.440. The van der Waals surface area contributed by atoms with Crippen LogP contribution in [0.15, 0.2) is 29.6 Å². The molecule has 0 aromatic carbocycles. The van der Waals surface area contributed by atoms with E-state index in [0.29, 0.717) is 12.6 Å². The van der Waals surface area contributed by atoms with Gasteiger partial charge in [-0.3, -0.25) is 9.13 Å². The predicted octanol–water partition coefficient (Wildman–Crippen LogP) is 1.25. The van der Waals surface area contributed by atoms with E-state index >= 15 is 0 Å². The largest absolute Gasteiger partial charge is 0.334 e. The molecule has 1 saturated carbocycles. The minimum absolute atomic E-state index is 0.0816. The summed E-state index contributed by atoms with van der Waals surface area (Å²) in [5.41, 5.74) is 0.0816. The van der Waals surface area contributed by atoms with Crippen molar-refractivity contribution in [3.05, 3.63) is 41.1 Å². The van der Waals surface area contributed by atoms with Crippen LogP contribution in [0.1, 0.15) is 31.6 Å². The zero-order chi connectivity index (χ0) is 11.8. The normalized spacial score (nSPS) is 15.4. The van der Waals surface area contributed by atoms with Gasteiger partial charge in [0.2, 0.25) is 0 Å². The molecular formula is C12H16N4O. The van der Waals surface area contributed by atoms with E-state index in [-0.39, 0.29) is 5.69 Å². The van der Waals surface area contributed by atoms with Gasteiger partial charge in [0.25, 0.3) is 0 Å². The van der Waals surface area contributed by atoms with E-state index in [9.17, 15) is 4.79 Å². The standard InChI is InChI=1S/C12H16N4O/c1-2-14-6-5-13-11(14)9-15-7-8-16(12(15)17)10-3-4-10/h5-8,10H,2-4,9H2,1H3. The molecule has 2 heterocycles. The highest BCUT2D eigenvalue weighted by Crippen LogP contribution is 2.33. The third kappa shape index (κ3) is 1.81. The maximum absolute atomic E-state index is 12.1. The Morgan fingerprint density at radius 3 is 2.82 bits per heavy atom. The highest BCUT2D eigenvalue weighted by molar-refractivity contribution is 4.97. The molecule has 2 aromatic rings. The Kier molecular flexibility index (Phi) is 2.39. The predicted molar refractivity (Wildman–Crippen MR) is 64.0 cm³/mol. The van der Waals surface area contributed by atoms with Crippen molar-refractivity contribution in [2.45, 2.75) is 38.9 Å². The molecule has 17 heavy (non-hydrogen) atoms. The van der Waals surface area contributed by atoms with Crippen LogP contribution in [0.3, 0.4) is 0 Å². The summed E-state index contributed by atoms with van der Waals surface area (Å²) >= 11 is 0. The van der Waals surface area contributed by atoms with Gasteiger partial charge in [0, 0.05) is 37.4 Å². The van der Waals surface area contributed by atoms with Crippen LogP contribution in [0.25, 0.3) is 0 Å². The van der Waals surface area contributed by atoms with Crippen molar-refractivity contribution in [2.75, 3.05) is 0 Å². The SMILES string of the molecule is CCn1ccnc1Cn1ccn(C2CC2)c1=O. The fourth-order valence-corrected chi connectivity index (χ4v) is 2.11. The second-order valence-corrected chi connectivity index (χ2v) is 4.48. The van der Waals surface area contributed by atoms with Gasteiger partial charge < -0.3 is 4.57 Å². The Hall–Kier alpha value is -1.78. The molecule has 3 rings (SSSR count). The molecule has 5 nitrogen and oxygen atoms in total. The maximum Gasteiger partial charge on any atom is 0.328 e. The molecule has 0 amide bonds. The summed E-state index contributed by atoms with van der Waals surface area (Å²) in [6.45, 7) is 3.51. The van der Waals surface area contributed by atoms with Crippen molar-refractivity contribution < 1.29 is 0 Å². The van der Waals surface area contributed by atoms with Crippen molar-refractivity contribution >= 4 is 0 Å². The summed E-state index contributed by atoms with van der Waals surface area (Å²) in [5, 5.41) is 0. The minimum Gasteiger partial charge on any atom is -0.334 e. The fraction of sp³-hybridized carbons (Fsp3) is 0.500. The van der Waals surface area contributed by atoms with E-state index in [0.717, 1.165) is 25.2 Å². The summed E-state index contributed by atoms with van der Waals surface area (Å²) in [5.74, 6) is 0.933. The first-order chi connectivity index (χ1) is 8.29. The Morgan fingerprint density at radius 2 is 2.12 bits per heavy atom. The fourth-order valence-electron chi connectivity index (χ4n) is 2.11. The molecule has 0 saturated heterocycles. The lowest BCUT2D eigenvalue weighted by Crippen LogP contribution is -2.24. The van der Waals surface area contributed by atoms with Crippen LogP contribution in [0, 0.1) is 0 Å². The molecule has 0 radical (unpaired) electrons. The molecule has 1 aliphatic carbocycles. The molecule has 0 bridgehead atoms. The van der Waals surface area contributed by atoms with Crippen molar-refractivity contribution in [2.24, 2.45) is 0 Å². The monoisotopic (exact) mass is 232 g/mol. The van der Waals surface area contributed by atoms with Crippen LogP contribution < -0.4 is 5.69 Å². The first-order valence-corrected chi connectivity index (χ1v) is 6.07. The van der Waals surface area contributed by atoms with Crippen molar-refractivity contribution in [3.8, 4) is 0 Å². The molecule has 90 valence electrons. The lowest BCUT2D eigenvalue weighted by molar-refractivity contribution is 0.612. The van der Waals surface area contributed by atoms with Gasteiger partial charge in [-0.2, -0.15) is 0 Å². The van der Waals surface area contributed by atoms with Gasteiger partial charge >= 0.3 is 5.69 Å². The molecular weight excluding hydrogens is 216 g/mol. The molecule has 0 atom stereocenters. The van der Waals surface area contributed by atoms with E-state index in [2.05, 4.69) is 16.5 Å². The zero-order valence-electron chi connectivity index (χ0n) is 9.91. The molecule has 0 N–H and O–H groups in total. The van der Waals surface area contributed by atoms with Crippen LogP contribution in [-0.2, 0) is 13.1 Å². The first kappa shape index (κ1) is 10.4. The van der Waals surface area contributed by atoms with Crippen molar-refractivity contribution in [1.29, 1.82) is 0 Å². The minimum atomic E-state index is 0.0816. The Morgan fingerprint density at radius 1 is 1.29 bits per heavy atom. The van der Waals surface area contributed by atoms with E-state index in [1.54, 1.807) is 10.8 Å². The van der Waals surface area contributed by atoms with Crippen molar-refractivity contribution in [3.63, 3.8) is 0 Å². The first-order valence-electron chi connectivity index (χ1n) is 6.07. The molecule has 1 fully saturated rings. The van der Waals surface area contributed by atoms with Crippen LogP contribution in [0.4, 0.5) is 0 Å². The van der Waals surface area contributed by atoms with Crippen molar-refractivity contribution in [1.82, 2.24) is 18.7 Å². The topological polar surface area (TPSA) is 44.8 Å². The Balaban J connectivity index is 1.88. The van der Waals surface area contributed by atoms with Gasteiger partial charge in [-0.25, -0.2) is 9.78 Å². The number of nitrogens with zero attached hydrogens (tertiary/aromatic N) is 4. The molecule has 5 heteroatoms. The molecule has 1 aliphatic rings. The molecule has 0 spiro atoms. The summed E-state index contributed by atoms with van der Waals surface area (Å²) in [7, 11) is 0. The third-order valence-electron chi connectivity index (χ3n) is 3.27. The van der Waals surface area contributed by atoms with Gasteiger partial charge in [-0.05, 0) is 19.8 Å². The van der Waals surface area contributed by atoms with Gasteiger partial charge in [-0.1, -0.05) is 0 Å². The number of aryl methyl sites for hydroxylation is 1. The number of hydrogen-bond acceptors (Lipinski definition) is 2. The average molecular weight is 232 g/mol. The van der Waals surface area contributed by atoms with Crippen LogP contribution >= 0.6 is 0 Å². The van der Waals surface area contributed by atoms with Gasteiger partial charge in [0.1, 0.15) is 5.82 Å². The second kappa shape index (κ2) is 3.91. The zero-order valence-corrected chi connectivity index (χ0v) is 9.91. The molecule has 0 unspecified atom stereocenters. The maximum atomic E-state index is 12.1. The van der Waals surface area contributed by atoms with Gasteiger partial charge in [0.05, 0.1) is 6.54 Å². The van der Waals surface area contributed by atoms with E-state index < -0.39 is 0 Å². The summed E-state index contributed by atoms with van der Waals surface area (Å²) in [6.07, 6.45) is 9.73. The highest BCUT2D eigenvalue weighted by Gasteiger charge is 2.25. The van der Waals surface area contributed by atoms with Crippen LogP contribution in [0.2, 0.25) is 0 Å². The van der Waals surface area contributed by atoms with Gasteiger partial charge in [0.15, 0.2) is 0 Å². The van der Waals surface area contributed by atoms with E-state index in [1.807, 2.05) is 23.2 Å². The van der Waals surface area contributed by atoms with Gasteiger partial charge in [-0.15, -0.1) is 0 Å². The van der Waals surface area contributed by atoms with Crippen LogP contribution in [0.5, 0.6) is 0 Å². The second-order valence-electron chi connectivity index (χ2n) is 4.48. The average Bonchev–Trinajstić information content (AvgIpc) is 2.97. The van der Waals surface area contributed by atoms with E-state index in [1.165, 1.54) is 0 Å². The lowest BCUT2D eigenvalue weighted by atomic mass is 10.5. The summed E-state index contributed by atoms with van der Waals surface area (Å²) < 4.78 is 5.62. The Labute approximate surface area is 99.3 Å². The third-order valence-corrected chi connectivity index (χ3v) is 3.27. The Bertz CT molecular complexity index is 573. The number of rotatable bonds is 4.